The second kappa shape index (κ2) is 8.29. The Morgan fingerprint density at radius 1 is 1.31 bits per heavy atom. The van der Waals surface area contributed by atoms with Crippen LogP contribution in [0, 0.1) is 29.8 Å². The van der Waals surface area contributed by atoms with Crippen molar-refractivity contribution in [3.63, 3.8) is 0 Å². The third kappa shape index (κ3) is 5.31. The molecule has 0 aliphatic carbocycles. The standard InChI is InChI=1S/C19H21FN4O5/c1-11-16(24(27)28)17(22-12(2)21-11)23(18(26)29-19(3,4)5)9-14-7-6-13(10-25)8-15(14)20/h6-8,10H,9H2,1-5H3. The predicted octanol–water partition coefficient (Wildman–Crippen LogP) is 3.89. The molecule has 0 unspecified atom stereocenters. The molecule has 0 radical (unpaired) electrons. The van der Waals surface area contributed by atoms with Crippen LogP contribution < -0.4 is 4.90 Å². The molecular formula is C19H21FN4O5. The van der Waals surface area contributed by atoms with Crippen LogP contribution in [-0.4, -0.2) is 32.9 Å². The molecule has 1 aromatic heterocycles. The normalized spacial score (nSPS) is 11.1. The second-order valence-electron chi connectivity index (χ2n) is 7.32. The van der Waals surface area contributed by atoms with Gasteiger partial charge in [0, 0.05) is 11.1 Å². The van der Waals surface area contributed by atoms with Crippen LogP contribution in [0.4, 0.5) is 20.7 Å². The van der Waals surface area contributed by atoms with Crippen LogP contribution in [0.15, 0.2) is 18.2 Å². The van der Waals surface area contributed by atoms with Gasteiger partial charge in [0.1, 0.15) is 29.2 Å². The first-order valence-electron chi connectivity index (χ1n) is 8.66. The number of halogens is 1. The summed E-state index contributed by atoms with van der Waals surface area (Å²) in [4.78, 5) is 43.5. The minimum Gasteiger partial charge on any atom is -0.443 e. The highest BCUT2D eigenvalue weighted by atomic mass is 19.1. The zero-order chi connectivity index (χ0) is 21.9. The van der Waals surface area contributed by atoms with Crippen LogP contribution in [0.1, 0.15) is 48.2 Å². The quantitative estimate of drug-likeness (QED) is 0.422. The number of anilines is 1. The SMILES string of the molecule is Cc1nc(C)c([N+](=O)[O-])c(N(Cc2ccc(C=O)cc2F)C(=O)OC(C)(C)C)n1. The van der Waals surface area contributed by atoms with Gasteiger partial charge in [-0.3, -0.25) is 19.8 Å². The van der Waals surface area contributed by atoms with Crippen molar-refractivity contribution >= 4 is 23.9 Å². The molecule has 0 saturated carbocycles. The van der Waals surface area contributed by atoms with Crippen LogP contribution in [-0.2, 0) is 11.3 Å². The first-order valence-corrected chi connectivity index (χ1v) is 8.66. The molecule has 0 spiro atoms. The van der Waals surface area contributed by atoms with Gasteiger partial charge < -0.3 is 4.74 Å². The lowest BCUT2D eigenvalue weighted by Crippen LogP contribution is -2.38. The van der Waals surface area contributed by atoms with Crippen molar-refractivity contribution in [1.82, 2.24) is 9.97 Å². The summed E-state index contributed by atoms with van der Waals surface area (Å²) in [5, 5.41) is 11.6. The van der Waals surface area contributed by atoms with Gasteiger partial charge in [0.25, 0.3) is 0 Å². The summed E-state index contributed by atoms with van der Waals surface area (Å²) in [6.45, 7) is 7.45. The van der Waals surface area contributed by atoms with Gasteiger partial charge in [0.15, 0.2) is 0 Å². The molecule has 0 aliphatic rings. The Hall–Kier alpha value is -3.43. The van der Waals surface area contributed by atoms with Gasteiger partial charge >= 0.3 is 11.8 Å². The van der Waals surface area contributed by atoms with E-state index in [1.807, 2.05) is 0 Å². The number of nitro groups is 1. The zero-order valence-corrected chi connectivity index (χ0v) is 16.7. The average Bonchev–Trinajstić information content (AvgIpc) is 2.57. The molecule has 9 nitrogen and oxygen atoms in total. The summed E-state index contributed by atoms with van der Waals surface area (Å²) in [6.07, 6.45) is -0.447. The Kier molecular flexibility index (Phi) is 6.25. The predicted molar refractivity (Wildman–Crippen MR) is 102 cm³/mol. The Bertz CT molecular complexity index is 972. The Morgan fingerprint density at radius 2 is 1.97 bits per heavy atom. The zero-order valence-electron chi connectivity index (χ0n) is 16.7. The van der Waals surface area contributed by atoms with Crippen LogP contribution in [0.5, 0.6) is 0 Å². The minimum absolute atomic E-state index is 0.0321. The van der Waals surface area contributed by atoms with Gasteiger partial charge in [0.05, 0.1) is 11.5 Å². The van der Waals surface area contributed by atoms with Crippen molar-refractivity contribution in [3.8, 4) is 0 Å². The lowest BCUT2D eigenvalue weighted by Gasteiger charge is -2.27. The molecule has 154 valence electrons. The van der Waals surface area contributed by atoms with Gasteiger partial charge in [-0.1, -0.05) is 12.1 Å². The molecule has 0 saturated heterocycles. The van der Waals surface area contributed by atoms with E-state index in [0.29, 0.717) is 6.29 Å². The van der Waals surface area contributed by atoms with Crippen LogP contribution in [0.2, 0.25) is 0 Å². The highest BCUT2D eigenvalue weighted by molar-refractivity contribution is 5.89. The topological polar surface area (TPSA) is 116 Å². The summed E-state index contributed by atoms with van der Waals surface area (Å²) < 4.78 is 19.8. The van der Waals surface area contributed by atoms with Crippen LogP contribution >= 0.6 is 0 Å². The van der Waals surface area contributed by atoms with Crippen LogP contribution in [0.25, 0.3) is 0 Å². The van der Waals surface area contributed by atoms with E-state index in [-0.39, 0.29) is 28.5 Å². The molecule has 29 heavy (non-hydrogen) atoms. The smallest absolute Gasteiger partial charge is 0.416 e. The van der Waals surface area contributed by atoms with Crippen molar-refractivity contribution in [2.24, 2.45) is 0 Å². The molecule has 1 aromatic carbocycles. The van der Waals surface area contributed by atoms with Gasteiger partial charge in [-0.05, 0) is 40.7 Å². The summed E-state index contributed by atoms with van der Waals surface area (Å²) >= 11 is 0. The van der Waals surface area contributed by atoms with Crippen molar-refractivity contribution in [1.29, 1.82) is 0 Å². The molecule has 1 amide bonds. The summed E-state index contributed by atoms with van der Waals surface area (Å²) in [7, 11) is 0. The van der Waals surface area contributed by atoms with Gasteiger partial charge in [-0.15, -0.1) is 0 Å². The molecule has 1 heterocycles. The van der Waals surface area contributed by atoms with Gasteiger partial charge in [0.2, 0.25) is 5.82 Å². The number of ether oxygens (including phenoxy) is 1. The maximum Gasteiger partial charge on any atom is 0.416 e. The fraction of sp³-hybridized carbons (Fsp3) is 0.368. The summed E-state index contributed by atoms with van der Waals surface area (Å²) in [6, 6.07) is 3.72. The lowest BCUT2D eigenvalue weighted by molar-refractivity contribution is -0.385. The fourth-order valence-corrected chi connectivity index (χ4v) is 2.57. The second-order valence-corrected chi connectivity index (χ2v) is 7.32. The van der Waals surface area contributed by atoms with E-state index >= 15 is 0 Å². The minimum atomic E-state index is -0.933. The Morgan fingerprint density at radius 3 is 2.48 bits per heavy atom. The molecule has 2 aromatic rings. The monoisotopic (exact) mass is 404 g/mol. The number of benzene rings is 1. The first kappa shape index (κ1) is 21.9. The third-order valence-corrected chi connectivity index (χ3v) is 3.75. The highest BCUT2D eigenvalue weighted by Gasteiger charge is 2.33. The number of hydrogen-bond donors (Lipinski definition) is 0. The molecule has 0 bridgehead atoms. The number of rotatable bonds is 5. The third-order valence-electron chi connectivity index (χ3n) is 3.75. The summed E-state index contributed by atoms with van der Waals surface area (Å²) in [5.74, 6) is -0.838. The van der Waals surface area contributed by atoms with E-state index in [9.17, 15) is 24.1 Å². The van der Waals surface area contributed by atoms with E-state index in [4.69, 9.17) is 4.74 Å². The molecular weight excluding hydrogens is 383 g/mol. The molecule has 0 fully saturated rings. The highest BCUT2D eigenvalue weighted by Crippen LogP contribution is 2.31. The largest absolute Gasteiger partial charge is 0.443 e. The van der Waals surface area contributed by atoms with Gasteiger partial charge in [-0.2, -0.15) is 0 Å². The summed E-state index contributed by atoms with van der Waals surface area (Å²) in [5.41, 5.74) is -1.17. The number of hydrogen-bond acceptors (Lipinski definition) is 7. The van der Waals surface area contributed by atoms with Crippen molar-refractivity contribution in [2.75, 3.05) is 4.90 Å². The van der Waals surface area contributed by atoms with Crippen molar-refractivity contribution in [2.45, 2.75) is 46.8 Å². The molecule has 2 rings (SSSR count). The van der Waals surface area contributed by atoms with Crippen molar-refractivity contribution in [3.05, 3.63) is 56.8 Å². The van der Waals surface area contributed by atoms with E-state index in [2.05, 4.69) is 9.97 Å². The molecule has 0 N–H and O–H groups in total. The van der Waals surface area contributed by atoms with E-state index in [1.54, 1.807) is 20.8 Å². The molecule has 10 heteroatoms. The number of aromatic nitrogens is 2. The lowest BCUT2D eigenvalue weighted by atomic mass is 10.1. The molecule has 0 atom stereocenters. The number of nitrogens with zero attached hydrogens (tertiary/aromatic N) is 4. The first-order chi connectivity index (χ1) is 13.4. The average molecular weight is 404 g/mol. The maximum absolute atomic E-state index is 14.4. The van der Waals surface area contributed by atoms with Crippen LogP contribution in [0.3, 0.4) is 0 Å². The number of aldehydes is 1. The maximum atomic E-state index is 14.4. The Balaban J connectivity index is 2.62. The fourth-order valence-electron chi connectivity index (χ4n) is 2.57. The Labute approximate surface area is 166 Å². The number of aryl methyl sites for hydroxylation is 2. The number of carbonyl (C=O) groups is 2. The number of amides is 1. The van der Waals surface area contributed by atoms with E-state index < -0.39 is 34.7 Å². The van der Waals surface area contributed by atoms with Gasteiger partial charge in [-0.25, -0.2) is 19.2 Å². The number of carbonyl (C=O) groups excluding carboxylic acids is 2. The van der Waals surface area contributed by atoms with Crippen molar-refractivity contribution < 1.29 is 23.6 Å². The van der Waals surface area contributed by atoms with E-state index in [0.717, 1.165) is 11.0 Å². The van der Waals surface area contributed by atoms with E-state index in [1.165, 1.54) is 26.0 Å². The molecule has 0 aliphatic heterocycles.